The summed E-state index contributed by atoms with van der Waals surface area (Å²) in [6.45, 7) is 6.96. The van der Waals surface area contributed by atoms with Crippen molar-refractivity contribution in [3.63, 3.8) is 0 Å². The zero-order valence-electron chi connectivity index (χ0n) is 17.5. The first-order valence-corrected chi connectivity index (χ1v) is 12.3. The SMILES string of the molecule is Cc1c(Cl)cccc1S(=O)(=O)N1CCN(c2ccc(N3CCCCC3C)nn2)CC1. The van der Waals surface area contributed by atoms with Gasteiger partial charge in [0, 0.05) is 43.8 Å². The number of piperidine rings is 1. The summed E-state index contributed by atoms with van der Waals surface area (Å²) in [4.78, 5) is 4.69. The van der Waals surface area contributed by atoms with Crippen molar-refractivity contribution in [2.24, 2.45) is 0 Å². The molecule has 2 saturated heterocycles. The quantitative estimate of drug-likeness (QED) is 0.713. The third kappa shape index (κ3) is 4.13. The lowest BCUT2D eigenvalue weighted by Crippen LogP contribution is -2.49. The lowest BCUT2D eigenvalue weighted by molar-refractivity contribution is 0.383. The van der Waals surface area contributed by atoms with Gasteiger partial charge in [-0.05, 0) is 62.9 Å². The normalized spacial score (nSPS) is 21.1. The van der Waals surface area contributed by atoms with Gasteiger partial charge in [0.1, 0.15) is 0 Å². The van der Waals surface area contributed by atoms with Gasteiger partial charge in [0.25, 0.3) is 0 Å². The second kappa shape index (κ2) is 8.69. The van der Waals surface area contributed by atoms with Crippen LogP contribution in [0.4, 0.5) is 11.6 Å². The van der Waals surface area contributed by atoms with E-state index in [0.29, 0.717) is 42.8 Å². The summed E-state index contributed by atoms with van der Waals surface area (Å²) in [7, 11) is -3.57. The smallest absolute Gasteiger partial charge is 0.243 e. The molecule has 4 rings (SSSR count). The molecule has 1 aromatic carbocycles. The second-order valence-corrected chi connectivity index (χ2v) is 10.4. The van der Waals surface area contributed by atoms with Gasteiger partial charge in [0.05, 0.1) is 4.90 Å². The van der Waals surface area contributed by atoms with Crippen LogP contribution in [-0.2, 0) is 10.0 Å². The van der Waals surface area contributed by atoms with Gasteiger partial charge in [-0.1, -0.05) is 17.7 Å². The Kier molecular flexibility index (Phi) is 6.18. The Morgan fingerprint density at radius 3 is 2.33 bits per heavy atom. The molecule has 162 valence electrons. The van der Waals surface area contributed by atoms with E-state index in [0.717, 1.165) is 18.2 Å². The molecule has 0 bridgehead atoms. The fourth-order valence-corrected chi connectivity index (χ4v) is 6.14. The van der Waals surface area contributed by atoms with Crippen LogP contribution in [0, 0.1) is 6.92 Å². The molecular formula is C21H28ClN5O2S. The number of hydrogen-bond acceptors (Lipinski definition) is 6. The third-order valence-electron chi connectivity index (χ3n) is 6.13. The number of aromatic nitrogens is 2. The Morgan fingerprint density at radius 1 is 0.967 bits per heavy atom. The Balaban J connectivity index is 1.42. The highest BCUT2D eigenvalue weighted by molar-refractivity contribution is 7.89. The van der Waals surface area contributed by atoms with Crippen LogP contribution in [0.3, 0.4) is 0 Å². The largest absolute Gasteiger partial charge is 0.352 e. The standard InChI is InChI=1S/C21H28ClN5O2S/c1-16-6-3-4-11-27(16)21-10-9-20(23-24-21)25-12-14-26(15-13-25)30(28,29)19-8-5-7-18(22)17(19)2/h5,7-10,16H,3-4,6,11-15H2,1-2H3. The molecule has 2 aliphatic rings. The molecule has 2 fully saturated rings. The first kappa shape index (κ1) is 21.3. The number of piperazine rings is 1. The molecule has 0 amide bonds. The van der Waals surface area contributed by atoms with Gasteiger partial charge in [-0.25, -0.2) is 8.42 Å². The summed E-state index contributed by atoms with van der Waals surface area (Å²) in [5, 5.41) is 9.35. The molecule has 0 saturated carbocycles. The highest BCUT2D eigenvalue weighted by atomic mass is 35.5. The molecule has 1 unspecified atom stereocenters. The van der Waals surface area contributed by atoms with Gasteiger partial charge in [-0.2, -0.15) is 4.31 Å². The predicted octanol–water partition coefficient (Wildman–Crippen LogP) is 3.33. The van der Waals surface area contributed by atoms with Crippen molar-refractivity contribution in [1.82, 2.24) is 14.5 Å². The first-order chi connectivity index (χ1) is 14.4. The van der Waals surface area contributed by atoms with E-state index in [-0.39, 0.29) is 4.90 Å². The Hall–Kier alpha value is -1.90. The zero-order valence-corrected chi connectivity index (χ0v) is 19.0. The van der Waals surface area contributed by atoms with Gasteiger partial charge < -0.3 is 9.80 Å². The summed E-state index contributed by atoms with van der Waals surface area (Å²) in [6.07, 6.45) is 3.65. The number of rotatable bonds is 4. The van der Waals surface area contributed by atoms with E-state index in [9.17, 15) is 8.42 Å². The predicted molar refractivity (Wildman–Crippen MR) is 120 cm³/mol. The minimum atomic E-state index is -3.57. The van der Waals surface area contributed by atoms with Crippen LogP contribution in [0.5, 0.6) is 0 Å². The maximum atomic E-state index is 13.1. The fourth-order valence-electron chi connectivity index (χ4n) is 4.24. The lowest BCUT2D eigenvalue weighted by Gasteiger charge is -2.36. The van der Waals surface area contributed by atoms with Gasteiger partial charge in [0.2, 0.25) is 10.0 Å². The van der Waals surface area contributed by atoms with Crippen LogP contribution < -0.4 is 9.80 Å². The van der Waals surface area contributed by atoms with E-state index < -0.39 is 10.0 Å². The van der Waals surface area contributed by atoms with Crippen LogP contribution in [-0.4, -0.2) is 61.7 Å². The fraction of sp³-hybridized carbons (Fsp3) is 0.524. The van der Waals surface area contributed by atoms with E-state index in [1.165, 1.54) is 23.6 Å². The maximum Gasteiger partial charge on any atom is 0.243 e. The van der Waals surface area contributed by atoms with Gasteiger partial charge >= 0.3 is 0 Å². The second-order valence-electron chi connectivity index (χ2n) is 8.04. The highest BCUT2D eigenvalue weighted by Crippen LogP contribution is 2.27. The van der Waals surface area contributed by atoms with Gasteiger partial charge in [-0.3, -0.25) is 0 Å². The Morgan fingerprint density at radius 2 is 1.67 bits per heavy atom. The first-order valence-electron chi connectivity index (χ1n) is 10.5. The minimum absolute atomic E-state index is 0.281. The molecule has 30 heavy (non-hydrogen) atoms. The molecular weight excluding hydrogens is 422 g/mol. The number of hydrogen-bond donors (Lipinski definition) is 0. The number of benzene rings is 1. The van der Waals surface area contributed by atoms with E-state index in [1.807, 2.05) is 12.1 Å². The van der Waals surface area contributed by atoms with Crippen molar-refractivity contribution < 1.29 is 8.42 Å². The summed E-state index contributed by atoms with van der Waals surface area (Å²) >= 11 is 6.13. The Bertz CT molecular complexity index is 991. The number of sulfonamides is 1. The Labute approximate surface area is 183 Å². The number of nitrogens with zero attached hydrogens (tertiary/aromatic N) is 5. The average molecular weight is 450 g/mol. The van der Waals surface area contributed by atoms with Crippen molar-refractivity contribution in [1.29, 1.82) is 0 Å². The van der Waals surface area contributed by atoms with Crippen molar-refractivity contribution >= 4 is 33.3 Å². The summed E-state index contributed by atoms with van der Waals surface area (Å²) in [5.41, 5.74) is 0.593. The lowest BCUT2D eigenvalue weighted by atomic mass is 10.0. The molecule has 7 nitrogen and oxygen atoms in total. The number of anilines is 2. The average Bonchev–Trinajstić information content (AvgIpc) is 2.76. The van der Waals surface area contributed by atoms with Gasteiger partial charge in [-0.15, -0.1) is 10.2 Å². The molecule has 0 N–H and O–H groups in total. The molecule has 9 heteroatoms. The third-order valence-corrected chi connectivity index (χ3v) is 8.58. The zero-order chi connectivity index (χ0) is 21.3. The molecule has 3 heterocycles. The van der Waals surface area contributed by atoms with Crippen molar-refractivity contribution in [2.75, 3.05) is 42.5 Å². The van der Waals surface area contributed by atoms with E-state index >= 15 is 0 Å². The summed E-state index contributed by atoms with van der Waals surface area (Å²) in [6, 6.07) is 9.52. The molecule has 2 aliphatic heterocycles. The van der Waals surface area contributed by atoms with Crippen molar-refractivity contribution in [3.05, 3.63) is 40.9 Å². The summed E-state index contributed by atoms with van der Waals surface area (Å²) in [5.74, 6) is 1.71. The van der Waals surface area contributed by atoms with Crippen LogP contribution in [0.1, 0.15) is 31.7 Å². The van der Waals surface area contributed by atoms with E-state index in [4.69, 9.17) is 11.6 Å². The topological polar surface area (TPSA) is 69.6 Å². The van der Waals surface area contributed by atoms with E-state index in [2.05, 4.69) is 26.9 Å². The molecule has 1 aromatic heterocycles. The monoisotopic (exact) mass is 449 g/mol. The number of halogens is 1. The van der Waals surface area contributed by atoms with Crippen LogP contribution >= 0.6 is 11.6 Å². The van der Waals surface area contributed by atoms with Crippen molar-refractivity contribution in [2.45, 2.75) is 44.0 Å². The molecule has 2 aromatic rings. The van der Waals surface area contributed by atoms with Gasteiger partial charge in [0.15, 0.2) is 11.6 Å². The van der Waals surface area contributed by atoms with E-state index in [1.54, 1.807) is 25.1 Å². The summed E-state index contributed by atoms with van der Waals surface area (Å²) < 4.78 is 27.7. The highest BCUT2D eigenvalue weighted by Gasteiger charge is 2.30. The van der Waals surface area contributed by atoms with Crippen LogP contribution in [0.2, 0.25) is 5.02 Å². The molecule has 0 spiro atoms. The van der Waals surface area contributed by atoms with Crippen LogP contribution in [0.15, 0.2) is 35.2 Å². The van der Waals surface area contributed by atoms with Crippen LogP contribution in [0.25, 0.3) is 0 Å². The maximum absolute atomic E-state index is 13.1. The molecule has 0 radical (unpaired) electrons. The molecule has 0 aliphatic carbocycles. The van der Waals surface area contributed by atoms with Crippen molar-refractivity contribution in [3.8, 4) is 0 Å². The molecule has 1 atom stereocenters. The minimum Gasteiger partial charge on any atom is -0.352 e.